The van der Waals surface area contributed by atoms with Gasteiger partial charge in [-0.3, -0.25) is 28.8 Å². The van der Waals surface area contributed by atoms with E-state index in [2.05, 4.69) is 31.7 Å². The molecule has 1 aromatic carbocycles. The third-order valence-corrected chi connectivity index (χ3v) is 8.29. The molecule has 3 atom stereocenters. The molecule has 260 valence electrons. The summed E-state index contributed by atoms with van der Waals surface area (Å²) in [7, 11) is 0. The average molecular weight is 668 g/mol. The van der Waals surface area contributed by atoms with Crippen LogP contribution in [0.1, 0.15) is 91.0 Å². The van der Waals surface area contributed by atoms with Gasteiger partial charge in [-0.2, -0.15) is 0 Å². The molecule has 1 aliphatic heterocycles. The van der Waals surface area contributed by atoms with E-state index in [1.165, 1.54) is 6.07 Å². The number of benzene rings is 1. The number of amides is 6. The first-order valence-electron chi connectivity index (χ1n) is 16.5. The Bertz CT molecular complexity index is 1490. The number of para-hydroxylation sites is 1. The first kappa shape index (κ1) is 35.9. The summed E-state index contributed by atoms with van der Waals surface area (Å²) in [4.78, 5) is 77.9. The Balaban J connectivity index is 1.43. The Morgan fingerprint density at radius 3 is 2.50 bits per heavy atom. The van der Waals surface area contributed by atoms with Crippen LogP contribution >= 0.6 is 0 Å². The minimum absolute atomic E-state index is 0.142. The van der Waals surface area contributed by atoms with E-state index in [0.29, 0.717) is 31.5 Å². The lowest BCUT2D eigenvalue weighted by Gasteiger charge is -2.27. The molecular formula is C33H45N7O8. The van der Waals surface area contributed by atoms with E-state index in [4.69, 9.17) is 15.0 Å². The van der Waals surface area contributed by atoms with Crippen LogP contribution in [0.3, 0.4) is 0 Å². The van der Waals surface area contributed by atoms with Crippen LogP contribution in [0.5, 0.6) is 5.75 Å². The SMILES string of the molecule is CC(C)[C@H]1NC(=O)[C@H](CC(N)=O)NC(=O)c2ccccc2OCCCNC(=O)[C@H](CCCCNC(=O)c2noc3c2CCCC3)NC1=O. The molecule has 15 nitrogen and oxygen atoms in total. The summed E-state index contributed by atoms with van der Waals surface area (Å²) in [6, 6.07) is 3.02. The number of aryl methyl sites for hydroxylation is 1. The highest BCUT2D eigenvalue weighted by Gasteiger charge is 2.32. The number of nitrogens with two attached hydrogens (primary N) is 1. The van der Waals surface area contributed by atoms with Crippen molar-refractivity contribution in [1.29, 1.82) is 0 Å². The van der Waals surface area contributed by atoms with Gasteiger partial charge >= 0.3 is 0 Å². The summed E-state index contributed by atoms with van der Waals surface area (Å²) >= 11 is 0. The zero-order valence-corrected chi connectivity index (χ0v) is 27.4. The van der Waals surface area contributed by atoms with Gasteiger partial charge in [0, 0.05) is 25.1 Å². The number of hydrogen-bond donors (Lipinski definition) is 6. The maximum absolute atomic E-state index is 13.5. The number of nitrogens with zero attached hydrogens (tertiary/aromatic N) is 1. The van der Waals surface area contributed by atoms with Crippen molar-refractivity contribution in [2.75, 3.05) is 19.7 Å². The van der Waals surface area contributed by atoms with E-state index in [1.807, 2.05) is 0 Å². The number of carbonyl (C=O) groups is 6. The van der Waals surface area contributed by atoms with Gasteiger partial charge in [-0.25, -0.2) is 0 Å². The van der Waals surface area contributed by atoms with Crippen molar-refractivity contribution < 1.29 is 38.0 Å². The van der Waals surface area contributed by atoms with Crippen LogP contribution in [0.25, 0.3) is 0 Å². The molecule has 48 heavy (non-hydrogen) atoms. The molecular weight excluding hydrogens is 622 g/mol. The molecule has 1 aromatic heterocycles. The fourth-order valence-electron chi connectivity index (χ4n) is 5.66. The maximum Gasteiger partial charge on any atom is 0.273 e. The van der Waals surface area contributed by atoms with Crippen LogP contribution in [0.15, 0.2) is 28.8 Å². The first-order chi connectivity index (χ1) is 23.0. The lowest BCUT2D eigenvalue weighted by atomic mass is 9.96. The van der Waals surface area contributed by atoms with Gasteiger partial charge < -0.3 is 41.6 Å². The van der Waals surface area contributed by atoms with Crippen molar-refractivity contribution in [3.8, 4) is 5.75 Å². The fourth-order valence-corrected chi connectivity index (χ4v) is 5.66. The molecule has 1 aliphatic carbocycles. The van der Waals surface area contributed by atoms with E-state index < -0.39 is 60.0 Å². The molecule has 2 aromatic rings. The topological polar surface area (TPSA) is 224 Å². The molecule has 4 rings (SSSR count). The van der Waals surface area contributed by atoms with Crippen molar-refractivity contribution in [3.05, 3.63) is 46.8 Å². The van der Waals surface area contributed by atoms with Crippen LogP contribution in [0.2, 0.25) is 0 Å². The second kappa shape index (κ2) is 17.3. The number of unbranched alkanes of at least 4 members (excludes halogenated alkanes) is 1. The second-order valence-corrected chi connectivity index (χ2v) is 12.4. The average Bonchev–Trinajstić information content (AvgIpc) is 3.49. The molecule has 6 amide bonds. The number of nitrogens with one attached hydrogen (secondary N) is 5. The molecule has 0 saturated heterocycles. The van der Waals surface area contributed by atoms with Gasteiger partial charge in [-0.1, -0.05) is 31.1 Å². The van der Waals surface area contributed by atoms with Crippen LogP contribution in [-0.2, 0) is 32.0 Å². The van der Waals surface area contributed by atoms with Gasteiger partial charge in [0.2, 0.25) is 23.6 Å². The second-order valence-electron chi connectivity index (χ2n) is 12.4. The lowest BCUT2D eigenvalue weighted by Crippen LogP contribution is -2.58. The number of primary amides is 1. The van der Waals surface area contributed by atoms with Crippen LogP contribution in [0.4, 0.5) is 0 Å². The summed E-state index contributed by atoms with van der Waals surface area (Å²) in [6.45, 7) is 4.16. The number of hydrogen-bond acceptors (Lipinski definition) is 9. The summed E-state index contributed by atoms with van der Waals surface area (Å²) in [5, 5.41) is 17.6. The quantitative estimate of drug-likeness (QED) is 0.206. The summed E-state index contributed by atoms with van der Waals surface area (Å²) in [5.74, 6) is -3.00. The van der Waals surface area contributed by atoms with Crippen LogP contribution in [-0.4, -0.2) is 78.4 Å². The van der Waals surface area contributed by atoms with Crippen molar-refractivity contribution in [2.24, 2.45) is 11.7 Å². The van der Waals surface area contributed by atoms with Gasteiger partial charge in [-0.15, -0.1) is 0 Å². The number of fused-ring (bicyclic) bond motifs is 2. The molecule has 0 bridgehead atoms. The van der Waals surface area contributed by atoms with E-state index in [9.17, 15) is 28.8 Å². The number of carbonyl (C=O) groups excluding carboxylic acids is 6. The largest absolute Gasteiger partial charge is 0.493 e. The Morgan fingerprint density at radius 2 is 1.73 bits per heavy atom. The Labute approximate surface area is 278 Å². The molecule has 7 N–H and O–H groups in total. The fraction of sp³-hybridized carbons (Fsp3) is 0.545. The predicted molar refractivity (Wildman–Crippen MR) is 173 cm³/mol. The standard InChI is InChI=1S/C33H45N7O8/c1-19(2)27-33(46)37-22(12-7-8-15-36-32(45)28-20-10-3-6-14-25(20)48-40-28)30(43)35-16-9-17-47-24-13-5-4-11-21(24)29(42)38-23(18-26(34)41)31(44)39-27/h4-5,11,13,19,22-23,27H,3,6-10,12,14-18H2,1-2H3,(H2,34,41)(H,35,43)(H,36,45)(H,37,46)(H,38,42)(H,39,44)/t22-,23-,27+/m0/s1. The third-order valence-electron chi connectivity index (χ3n) is 8.29. The van der Waals surface area contributed by atoms with Crippen molar-refractivity contribution in [1.82, 2.24) is 31.7 Å². The third kappa shape index (κ3) is 9.78. The normalized spacial score (nSPS) is 20.9. The molecule has 0 spiro atoms. The minimum Gasteiger partial charge on any atom is -0.493 e. The minimum atomic E-state index is -1.37. The smallest absolute Gasteiger partial charge is 0.273 e. The van der Waals surface area contributed by atoms with E-state index >= 15 is 0 Å². The Hall–Kier alpha value is -4.95. The zero-order chi connectivity index (χ0) is 34.6. The maximum atomic E-state index is 13.5. The highest BCUT2D eigenvalue weighted by Crippen LogP contribution is 2.24. The number of ether oxygens (including phenoxy) is 1. The van der Waals surface area contributed by atoms with Crippen molar-refractivity contribution in [2.45, 2.75) is 89.8 Å². The molecule has 15 heteroatoms. The molecule has 0 unspecified atom stereocenters. The van der Waals surface area contributed by atoms with Crippen LogP contribution in [0, 0.1) is 5.92 Å². The van der Waals surface area contributed by atoms with Gasteiger partial charge in [0.25, 0.3) is 11.8 Å². The van der Waals surface area contributed by atoms with E-state index in [-0.39, 0.29) is 36.8 Å². The van der Waals surface area contributed by atoms with Crippen molar-refractivity contribution >= 4 is 35.4 Å². The lowest BCUT2D eigenvalue weighted by molar-refractivity contribution is -0.134. The first-order valence-corrected chi connectivity index (χ1v) is 16.5. The molecule has 2 heterocycles. The summed E-state index contributed by atoms with van der Waals surface area (Å²) in [6.07, 6.45) is 4.69. The zero-order valence-electron chi connectivity index (χ0n) is 27.4. The predicted octanol–water partition coefficient (Wildman–Crippen LogP) is 0.652. The molecule has 0 radical (unpaired) electrons. The van der Waals surface area contributed by atoms with Gasteiger partial charge in [-0.05, 0) is 63.0 Å². The Morgan fingerprint density at radius 1 is 0.958 bits per heavy atom. The van der Waals surface area contributed by atoms with Crippen molar-refractivity contribution in [3.63, 3.8) is 0 Å². The van der Waals surface area contributed by atoms with Gasteiger partial charge in [0.15, 0.2) is 5.69 Å². The molecule has 0 saturated carbocycles. The van der Waals surface area contributed by atoms with Crippen LogP contribution < -0.4 is 37.1 Å². The molecule has 0 fully saturated rings. The highest BCUT2D eigenvalue weighted by molar-refractivity contribution is 6.01. The summed E-state index contributed by atoms with van der Waals surface area (Å²) in [5.41, 5.74) is 6.71. The van der Waals surface area contributed by atoms with E-state index in [1.54, 1.807) is 32.0 Å². The van der Waals surface area contributed by atoms with Gasteiger partial charge in [0.1, 0.15) is 29.6 Å². The van der Waals surface area contributed by atoms with Gasteiger partial charge in [0.05, 0.1) is 18.6 Å². The highest BCUT2D eigenvalue weighted by atomic mass is 16.5. The monoisotopic (exact) mass is 667 g/mol. The number of rotatable bonds is 9. The molecule has 2 aliphatic rings. The Kier molecular flexibility index (Phi) is 12.9. The summed E-state index contributed by atoms with van der Waals surface area (Å²) < 4.78 is 11.1. The number of aromatic nitrogens is 1. The van der Waals surface area contributed by atoms with E-state index in [0.717, 1.165) is 37.0 Å².